The van der Waals surface area contributed by atoms with E-state index in [0.29, 0.717) is 6.42 Å². The van der Waals surface area contributed by atoms with Gasteiger partial charge < -0.3 is 0 Å². The Labute approximate surface area is 92.4 Å². The summed E-state index contributed by atoms with van der Waals surface area (Å²) in [5, 5.41) is 12.0. The molecule has 2 rings (SSSR count). The van der Waals surface area contributed by atoms with E-state index in [4.69, 9.17) is 5.26 Å². The second-order valence-electron chi connectivity index (χ2n) is 3.17. The molecule has 70 valence electrons. The van der Waals surface area contributed by atoms with Crippen molar-refractivity contribution >= 4 is 34.1 Å². The molecule has 0 aliphatic heterocycles. The maximum atomic E-state index is 8.71. The van der Waals surface area contributed by atoms with Crippen molar-refractivity contribution in [3.05, 3.63) is 28.6 Å². The van der Waals surface area contributed by atoms with Gasteiger partial charge in [-0.15, -0.1) is 24.0 Å². The molecule has 0 fully saturated rings. The van der Waals surface area contributed by atoms with E-state index in [2.05, 4.69) is 37.1 Å². The van der Waals surface area contributed by atoms with Crippen LogP contribution in [0.15, 0.2) is 22.4 Å². The van der Waals surface area contributed by atoms with E-state index in [-0.39, 0.29) is 0 Å². The highest BCUT2D eigenvalue weighted by Gasteiger charge is 2.08. The van der Waals surface area contributed by atoms with Crippen LogP contribution in [0.4, 0.5) is 0 Å². The summed E-state index contributed by atoms with van der Waals surface area (Å²) < 4.78 is 1.27. The molecule has 0 saturated heterocycles. The van der Waals surface area contributed by atoms with Crippen molar-refractivity contribution in [3.8, 4) is 6.07 Å². The van der Waals surface area contributed by atoms with Crippen LogP contribution in [0.5, 0.6) is 0 Å². The standard InChI is InChI=1S/C11H9NS2/c1-7-9(2-4-12)10(13)6-8-3-5-14-11(7)8/h3,5-6,13H,2H2,1H3. The van der Waals surface area contributed by atoms with Crippen molar-refractivity contribution in [2.24, 2.45) is 0 Å². The van der Waals surface area contributed by atoms with Crippen LogP contribution < -0.4 is 0 Å². The number of fused-ring (bicyclic) bond motifs is 1. The fraction of sp³-hybridized carbons (Fsp3) is 0.182. The Kier molecular flexibility index (Phi) is 2.49. The lowest BCUT2D eigenvalue weighted by Gasteiger charge is -2.06. The van der Waals surface area contributed by atoms with E-state index >= 15 is 0 Å². The molecule has 0 bridgehead atoms. The van der Waals surface area contributed by atoms with E-state index in [0.717, 1.165) is 10.5 Å². The highest BCUT2D eigenvalue weighted by molar-refractivity contribution is 7.80. The van der Waals surface area contributed by atoms with Crippen LogP contribution in [0, 0.1) is 18.3 Å². The smallest absolute Gasteiger partial charge is 0.0670 e. The number of benzene rings is 1. The maximum absolute atomic E-state index is 8.71. The zero-order valence-corrected chi connectivity index (χ0v) is 9.45. The molecule has 1 aromatic heterocycles. The van der Waals surface area contributed by atoms with Gasteiger partial charge in [0.15, 0.2) is 0 Å². The molecule has 0 unspecified atom stereocenters. The van der Waals surface area contributed by atoms with Gasteiger partial charge in [0, 0.05) is 9.60 Å². The SMILES string of the molecule is Cc1c(CC#N)c(S)cc2ccsc12. The lowest BCUT2D eigenvalue weighted by atomic mass is 10.0. The summed E-state index contributed by atoms with van der Waals surface area (Å²) >= 11 is 6.13. The van der Waals surface area contributed by atoms with Gasteiger partial charge in [0.1, 0.15) is 0 Å². The second-order valence-corrected chi connectivity index (χ2v) is 4.57. The largest absolute Gasteiger partial charge is 0.198 e. The van der Waals surface area contributed by atoms with Crippen LogP contribution in [0.3, 0.4) is 0 Å². The number of rotatable bonds is 1. The first kappa shape index (κ1) is 9.57. The van der Waals surface area contributed by atoms with Crippen LogP contribution >= 0.6 is 24.0 Å². The van der Waals surface area contributed by atoms with Crippen LogP contribution in [0.25, 0.3) is 10.1 Å². The molecule has 1 aromatic carbocycles. The molecule has 0 aliphatic rings. The number of nitrogens with zero attached hydrogens (tertiary/aromatic N) is 1. The van der Waals surface area contributed by atoms with Gasteiger partial charge in [-0.05, 0) is 40.9 Å². The van der Waals surface area contributed by atoms with Gasteiger partial charge in [0.05, 0.1) is 12.5 Å². The Bertz CT molecular complexity index is 520. The van der Waals surface area contributed by atoms with Crippen molar-refractivity contribution in [2.75, 3.05) is 0 Å². The minimum atomic E-state index is 0.443. The quantitative estimate of drug-likeness (QED) is 0.728. The summed E-state index contributed by atoms with van der Waals surface area (Å²) in [7, 11) is 0. The van der Waals surface area contributed by atoms with Gasteiger partial charge in [-0.3, -0.25) is 0 Å². The first-order valence-corrected chi connectivity index (χ1v) is 5.62. The molecule has 0 radical (unpaired) electrons. The van der Waals surface area contributed by atoms with Gasteiger partial charge in [-0.1, -0.05) is 0 Å². The predicted molar refractivity (Wildman–Crippen MR) is 63.1 cm³/mol. The number of nitriles is 1. The summed E-state index contributed by atoms with van der Waals surface area (Å²) in [6.45, 7) is 2.06. The normalized spacial score (nSPS) is 10.4. The number of aryl methyl sites for hydroxylation is 1. The number of hydrogen-bond acceptors (Lipinski definition) is 3. The highest BCUT2D eigenvalue weighted by atomic mass is 32.1. The van der Waals surface area contributed by atoms with Crippen molar-refractivity contribution in [3.63, 3.8) is 0 Å². The van der Waals surface area contributed by atoms with Crippen molar-refractivity contribution in [2.45, 2.75) is 18.2 Å². The fourth-order valence-corrected chi connectivity index (χ4v) is 2.90. The van der Waals surface area contributed by atoms with Crippen molar-refractivity contribution < 1.29 is 0 Å². The molecule has 2 aromatic rings. The lowest BCUT2D eigenvalue weighted by molar-refractivity contribution is 1.16. The molecule has 0 N–H and O–H groups in total. The minimum absolute atomic E-state index is 0.443. The molecular weight excluding hydrogens is 210 g/mol. The molecule has 0 saturated carbocycles. The monoisotopic (exact) mass is 219 g/mol. The lowest BCUT2D eigenvalue weighted by Crippen LogP contribution is -1.89. The van der Waals surface area contributed by atoms with E-state index < -0.39 is 0 Å². The Balaban J connectivity index is 2.77. The van der Waals surface area contributed by atoms with E-state index in [1.54, 1.807) is 11.3 Å². The summed E-state index contributed by atoms with van der Waals surface area (Å²) in [4.78, 5) is 0.926. The molecule has 3 heteroatoms. The van der Waals surface area contributed by atoms with E-state index in [1.807, 2.05) is 6.07 Å². The summed E-state index contributed by atoms with van der Waals surface area (Å²) in [5.41, 5.74) is 2.26. The Morgan fingerprint density at radius 2 is 2.36 bits per heavy atom. The summed E-state index contributed by atoms with van der Waals surface area (Å²) in [6, 6.07) is 6.30. The van der Waals surface area contributed by atoms with Crippen LogP contribution in [0.1, 0.15) is 11.1 Å². The third kappa shape index (κ3) is 1.41. The van der Waals surface area contributed by atoms with Crippen LogP contribution in [-0.4, -0.2) is 0 Å². The van der Waals surface area contributed by atoms with Gasteiger partial charge >= 0.3 is 0 Å². The molecule has 1 heterocycles. The molecule has 0 spiro atoms. The van der Waals surface area contributed by atoms with Crippen molar-refractivity contribution in [1.29, 1.82) is 5.26 Å². The van der Waals surface area contributed by atoms with E-state index in [1.165, 1.54) is 15.6 Å². The van der Waals surface area contributed by atoms with E-state index in [9.17, 15) is 0 Å². The molecule has 0 atom stereocenters. The van der Waals surface area contributed by atoms with Crippen molar-refractivity contribution in [1.82, 2.24) is 0 Å². The number of thiophene rings is 1. The first-order chi connectivity index (χ1) is 6.74. The molecular formula is C11H9NS2. The summed E-state index contributed by atoms with van der Waals surface area (Å²) in [5.74, 6) is 0. The molecule has 0 amide bonds. The average molecular weight is 219 g/mol. The summed E-state index contributed by atoms with van der Waals surface area (Å²) in [6.07, 6.45) is 0.443. The first-order valence-electron chi connectivity index (χ1n) is 4.29. The second kappa shape index (κ2) is 3.64. The van der Waals surface area contributed by atoms with Gasteiger partial charge in [0.25, 0.3) is 0 Å². The van der Waals surface area contributed by atoms with Crippen LogP contribution in [-0.2, 0) is 6.42 Å². The van der Waals surface area contributed by atoms with Gasteiger partial charge in [-0.25, -0.2) is 0 Å². The topological polar surface area (TPSA) is 23.8 Å². The number of hydrogen-bond donors (Lipinski definition) is 1. The Morgan fingerprint density at radius 1 is 1.57 bits per heavy atom. The number of thiol groups is 1. The molecule has 14 heavy (non-hydrogen) atoms. The van der Waals surface area contributed by atoms with Gasteiger partial charge in [-0.2, -0.15) is 5.26 Å². The third-order valence-corrected chi connectivity index (χ3v) is 3.79. The fourth-order valence-electron chi connectivity index (χ4n) is 1.60. The van der Waals surface area contributed by atoms with Gasteiger partial charge in [0.2, 0.25) is 0 Å². The molecule has 0 aliphatic carbocycles. The highest BCUT2D eigenvalue weighted by Crippen LogP contribution is 2.31. The van der Waals surface area contributed by atoms with Crippen LogP contribution in [0.2, 0.25) is 0 Å². The predicted octanol–water partition coefficient (Wildman–Crippen LogP) is 3.56. The zero-order chi connectivity index (χ0) is 10.1. The Morgan fingerprint density at radius 3 is 3.07 bits per heavy atom. The minimum Gasteiger partial charge on any atom is -0.198 e. The maximum Gasteiger partial charge on any atom is 0.0670 e. The Hall–Kier alpha value is -0.980. The average Bonchev–Trinajstić information content (AvgIpc) is 2.60. The third-order valence-electron chi connectivity index (χ3n) is 2.35. The zero-order valence-electron chi connectivity index (χ0n) is 7.74. The molecule has 1 nitrogen and oxygen atoms in total.